The number of hydrogen-bond acceptors (Lipinski definition) is 2. The Balaban J connectivity index is 2.12. The Morgan fingerprint density at radius 2 is 2.23 bits per heavy atom. The highest BCUT2D eigenvalue weighted by molar-refractivity contribution is 7.08. The molecule has 2 rings (SSSR count). The topological polar surface area (TPSA) is 12.0 Å². The van der Waals surface area contributed by atoms with E-state index in [0.29, 0.717) is 5.41 Å². The Morgan fingerprint density at radius 1 is 1.46 bits per heavy atom. The van der Waals surface area contributed by atoms with E-state index in [-0.39, 0.29) is 0 Å². The zero-order valence-electron chi connectivity index (χ0n) is 8.39. The van der Waals surface area contributed by atoms with E-state index >= 15 is 0 Å². The van der Waals surface area contributed by atoms with Crippen molar-refractivity contribution < 1.29 is 0 Å². The SMILES string of the molecule is CCNCc1cscc1C1(C)CC1. The van der Waals surface area contributed by atoms with Crippen LogP contribution < -0.4 is 5.32 Å². The fourth-order valence-electron chi connectivity index (χ4n) is 1.71. The van der Waals surface area contributed by atoms with E-state index < -0.39 is 0 Å². The third-order valence-electron chi connectivity index (χ3n) is 2.96. The molecule has 0 unspecified atom stereocenters. The van der Waals surface area contributed by atoms with Gasteiger partial charge >= 0.3 is 0 Å². The van der Waals surface area contributed by atoms with Crippen molar-refractivity contribution in [1.29, 1.82) is 0 Å². The Labute approximate surface area is 84.2 Å². The zero-order chi connectivity index (χ0) is 9.31. The van der Waals surface area contributed by atoms with Crippen LogP contribution in [0.5, 0.6) is 0 Å². The molecule has 0 amide bonds. The molecule has 1 fully saturated rings. The van der Waals surface area contributed by atoms with Gasteiger partial charge in [0.25, 0.3) is 0 Å². The Kier molecular flexibility index (Phi) is 2.43. The summed E-state index contributed by atoms with van der Waals surface area (Å²) in [4.78, 5) is 0. The maximum Gasteiger partial charge on any atom is 0.0216 e. The van der Waals surface area contributed by atoms with Crippen molar-refractivity contribution in [3.05, 3.63) is 21.9 Å². The van der Waals surface area contributed by atoms with Crippen LogP contribution in [0, 0.1) is 0 Å². The lowest BCUT2D eigenvalue weighted by atomic mass is 9.97. The average Bonchev–Trinajstić information content (AvgIpc) is 2.69. The van der Waals surface area contributed by atoms with E-state index in [1.165, 1.54) is 18.4 Å². The largest absolute Gasteiger partial charge is 0.313 e. The standard InChI is InChI=1S/C11H17NS/c1-3-12-6-9-7-13-8-10(9)11(2)4-5-11/h7-8,12H,3-6H2,1-2H3. The molecule has 1 aromatic rings. The molecule has 1 nitrogen and oxygen atoms in total. The summed E-state index contributed by atoms with van der Waals surface area (Å²) < 4.78 is 0. The molecule has 0 aliphatic heterocycles. The summed E-state index contributed by atoms with van der Waals surface area (Å²) in [6.45, 7) is 6.65. The Bertz CT molecular complexity index is 286. The minimum Gasteiger partial charge on any atom is -0.313 e. The lowest BCUT2D eigenvalue weighted by Gasteiger charge is -2.10. The fraction of sp³-hybridized carbons (Fsp3) is 0.636. The van der Waals surface area contributed by atoms with Crippen molar-refractivity contribution >= 4 is 11.3 Å². The van der Waals surface area contributed by atoms with Crippen molar-refractivity contribution in [2.45, 2.75) is 38.6 Å². The van der Waals surface area contributed by atoms with Crippen molar-refractivity contribution in [1.82, 2.24) is 5.32 Å². The maximum absolute atomic E-state index is 3.40. The van der Waals surface area contributed by atoms with Crippen LogP contribution in [0.25, 0.3) is 0 Å². The minimum atomic E-state index is 0.532. The van der Waals surface area contributed by atoms with E-state index in [9.17, 15) is 0 Å². The zero-order valence-corrected chi connectivity index (χ0v) is 9.21. The molecule has 0 spiro atoms. The van der Waals surface area contributed by atoms with Crippen molar-refractivity contribution in [3.8, 4) is 0 Å². The van der Waals surface area contributed by atoms with E-state index in [2.05, 4.69) is 29.9 Å². The molecule has 13 heavy (non-hydrogen) atoms. The smallest absolute Gasteiger partial charge is 0.0216 e. The molecule has 1 aliphatic rings. The monoisotopic (exact) mass is 195 g/mol. The minimum absolute atomic E-state index is 0.532. The van der Waals surface area contributed by atoms with Gasteiger partial charge in [0.15, 0.2) is 0 Å². The highest BCUT2D eigenvalue weighted by Gasteiger charge is 2.40. The van der Waals surface area contributed by atoms with Gasteiger partial charge in [0.1, 0.15) is 0 Å². The first-order valence-corrected chi connectivity index (χ1v) is 5.97. The molecular weight excluding hydrogens is 178 g/mol. The van der Waals surface area contributed by atoms with Gasteiger partial charge in [0.2, 0.25) is 0 Å². The summed E-state index contributed by atoms with van der Waals surface area (Å²) in [6.07, 6.45) is 2.76. The lowest BCUT2D eigenvalue weighted by molar-refractivity contribution is 0.701. The third-order valence-corrected chi connectivity index (χ3v) is 3.75. The highest BCUT2D eigenvalue weighted by atomic mass is 32.1. The summed E-state index contributed by atoms with van der Waals surface area (Å²) in [7, 11) is 0. The predicted molar refractivity (Wildman–Crippen MR) is 58.3 cm³/mol. The second-order valence-electron chi connectivity index (χ2n) is 4.15. The van der Waals surface area contributed by atoms with Crippen molar-refractivity contribution in [3.63, 3.8) is 0 Å². The highest BCUT2D eigenvalue weighted by Crippen LogP contribution is 2.49. The first kappa shape index (κ1) is 9.22. The van der Waals surface area contributed by atoms with E-state index in [1.807, 2.05) is 11.3 Å². The van der Waals surface area contributed by atoms with Gasteiger partial charge in [-0.1, -0.05) is 13.8 Å². The summed E-state index contributed by atoms with van der Waals surface area (Å²) >= 11 is 1.84. The van der Waals surface area contributed by atoms with Gasteiger partial charge in [-0.15, -0.1) is 0 Å². The molecular formula is C11H17NS. The summed E-state index contributed by atoms with van der Waals surface area (Å²) in [5.74, 6) is 0. The number of thiophene rings is 1. The molecule has 72 valence electrons. The third kappa shape index (κ3) is 1.79. The van der Waals surface area contributed by atoms with E-state index in [0.717, 1.165) is 13.1 Å². The van der Waals surface area contributed by atoms with Crippen LogP contribution in [0.3, 0.4) is 0 Å². The number of rotatable bonds is 4. The van der Waals surface area contributed by atoms with Crippen LogP contribution in [-0.2, 0) is 12.0 Å². The molecule has 0 saturated heterocycles. The van der Waals surface area contributed by atoms with Gasteiger partial charge < -0.3 is 5.32 Å². The second kappa shape index (κ2) is 3.43. The molecule has 1 N–H and O–H groups in total. The van der Waals surface area contributed by atoms with Gasteiger partial charge in [0.05, 0.1) is 0 Å². The quantitative estimate of drug-likeness (QED) is 0.779. The van der Waals surface area contributed by atoms with Crippen LogP contribution in [0.4, 0.5) is 0 Å². The molecule has 1 saturated carbocycles. The summed E-state index contributed by atoms with van der Waals surface area (Å²) in [6, 6.07) is 0. The molecule has 0 bridgehead atoms. The first-order valence-electron chi connectivity index (χ1n) is 5.02. The maximum atomic E-state index is 3.40. The van der Waals surface area contributed by atoms with Crippen LogP contribution in [0.15, 0.2) is 10.8 Å². The molecule has 0 aromatic carbocycles. The summed E-state index contributed by atoms with van der Waals surface area (Å²) in [5.41, 5.74) is 3.65. The van der Waals surface area contributed by atoms with E-state index in [4.69, 9.17) is 0 Å². The first-order chi connectivity index (χ1) is 6.26. The Hall–Kier alpha value is -0.340. The van der Waals surface area contributed by atoms with Crippen molar-refractivity contribution in [2.24, 2.45) is 0 Å². The van der Waals surface area contributed by atoms with Crippen molar-refractivity contribution in [2.75, 3.05) is 6.54 Å². The van der Waals surface area contributed by atoms with Gasteiger partial charge in [0, 0.05) is 6.54 Å². The molecule has 0 atom stereocenters. The van der Waals surface area contributed by atoms with Gasteiger partial charge in [-0.3, -0.25) is 0 Å². The number of hydrogen-bond donors (Lipinski definition) is 1. The molecule has 2 heteroatoms. The van der Waals surface area contributed by atoms with Gasteiger partial charge in [-0.2, -0.15) is 11.3 Å². The van der Waals surface area contributed by atoms with Crippen LogP contribution in [0.1, 0.15) is 37.8 Å². The van der Waals surface area contributed by atoms with Gasteiger partial charge in [-0.25, -0.2) is 0 Å². The predicted octanol–water partition coefficient (Wildman–Crippen LogP) is 2.91. The number of nitrogens with one attached hydrogen (secondary N) is 1. The lowest BCUT2D eigenvalue weighted by Crippen LogP contribution is -2.14. The van der Waals surface area contributed by atoms with Crippen LogP contribution in [-0.4, -0.2) is 6.54 Å². The Morgan fingerprint density at radius 3 is 2.85 bits per heavy atom. The van der Waals surface area contributed by atoms with Gasteiger partial charge in [-0.05, 0) is 46.7 Å². The normalized spacial score (nSPS) is 18.9. The average molecular weight is 195 g/mol. The van der Waals surface area contributed by atoms with Crippen LogP contribution in [0.2, 0.25) is 0 Å². The molecule has 1 aliphatic carbocycles. The molecule has 1 heterocycles. The summed E-state index contributed by atoms with van der Waals surface area (Å²) in [5, 5.41) is 8.02. The molecule has 1 aromatic heterocycles. The second-order valence-corrected chi connectivity index (χ2v) is 4.90. The fourth-order valence-corrected chi connectivity index (χ4v) is 2.72. The van der Waals surface area contributed by atoms with Crippen LogP contribution >= 0.6 is 11.3 Å². The molecule has 0 radical (unpaired) electrons. The van der Waals surface area contributed by atoms with E-state index in [1.54, 1.807) is 5.56 Å².